The van der Waals surface area contributed by atoms with Crippen LogP contribution in [0.3, 0.4) is 0 Å². The van der Waals surface area contributed by atoms with Crippen LogP contribution in [0.4, 0.5) is 0 Å². The van der Waals surface area contributed by atoms with Crippen molar-refractivity contribution < 1.29 is 13.7 Å². The average molecular weight is 326 g/mol. The molecule has 1 aromatic carbocycles. The Kier molecular flexibility index (Phi) is 4.69. The number of nitrogens with zero attached hydrogens (tertiary/aromatic N) is 3. The van der Waals surface area contributed by atoms with Crippen LogP contribution in [0.5, 0.6) is 0 Å². The molecule has 0 spiro atoms. The Morgan fingerprint density at radius 3 is 2.75 bits per heavy atom. The molecular weight excluding hydrogens is 308 g/mol. The highest BCUT2D eigenvalue weighted by molar-refractivity contribution is 5.78. The van der Waals surface area contributed by atoms with Crippen molar-refractivity contribution in [3.8, 4) is 11.6 Å². The molecule has 3 aromatic rings. The Morgan fingerprint density at radius 1 is 1.25 bits per heavy atom. The summed E-state index contributed by atoms with van der Waals surface area (Å²) in [6.45, 7) is 3.86. The molecule has 24 heavy (non-hydrogen) atoms. The number of aromatic nitrogens is 3. The van der Waals surface area contributed by atoms with E-state index in [1.54, 1.807) is 0 Å². The van der Waals surface area contributed by atoms with Crippen molar-refractivity contribution >= 4 is 5.91 Å². The van der Waals surface area contributed by atoms with E-state index in [0.717, 1.165) is 5.56 Å². The SMILES string of the molecule is CCc1nc(-c2nc(CC(=O)NC(C)c3ccccc3)no2)co1. The summed E-state index contributed by atoms with van der Waals surface area (Å²) in [6.07, 6.45) is 2.19. The molecule has 0 radical (unpaired) electrons. The molecule has 3 rings (SSSR count). The first-order chi connectivity index (χ1) is 11.7. The standard InChI is InChI=1S/C17H18N4O3/c1-3-16-19-13(10-23-16)17-20-14(21-24-17)9-15(22)18-11(2)12-7-5-4-6-8-12/h4-8,10-11H,3,9H2,1-2H3,(H,18,22). The summed E-state index contributed by atoms with van der Waals surface area (Å²) in [6, 6.07) is 9.65. The number of aryl methyl sites for hydroxylation is 1. The Balaban J connectivity index is 1.61. The lowest BCUT2D eigenvalue weighted by Crippen LogP contribution is -2.28. The van der Waals surface area contributed by atoms with E-state index in [1.165, 1.54) is 6.26 Å². The summed E-state index contributed by atoms with van der Waals surface area (Å²) >= 11 is 0. The second-order valence-electron chi connectivity index (χ2n) is 5.37. The molecule has 0 aliphatic rings. The van der Waals surface area contributed by atoms with E-state index in [0.29, 0.717) is 23.8 Å². The van der Waals surface area contributed by atoms with Gasteiger partial charge in [-0.1, -0.05) is 42.4 Å². The van der Waals surface area contributed by atoms with E-state index < -0.39 is 0 Å². The van der Waals surface area contributed by atoms with E-state index in [9.17, 15) is 4.79 Å². The summed E-state index contributed by atoms with van der Waals surface area (Å²) in [7, 11) is 0. The van der Waals surface area contributed by atoms with E-state index in [4.69, 9.17) is 8.94 Å². The molecule has 1 atom stereocenters. The van der Waals surface area contributed by atoms with E-state index >= 15 is 0 Å². The molecule has 2 aromatic heterocycles. The fourth-order valence-electron chi connectivity index (χ4n) is 2.26. The Morgan fingerprint density at radius 2 is 2.04 bits per heavy atom. The van der Waals surface area contributed by atoms with Crippen molar-refractivity contribution in [1.29, 1.82) is 0 Å². The van der Waals surface area contributed by atoms with Gasteiger partial charge in [-0.3, -0.25) is 4.79 Å². The van der Waals surface area contributed by atoms with E-state index in [1.807, 2.05) is 44.2 Å². The lowest BCUT2D eigenvalue weighted by atomic mass is 10.1. The van der Waals surface area contributed by atoms with Gasteiger partial charge in [0.15, 0.2) is 17.4 Å². The van der Waals surface area contributed by atoms with Crippen LogP contribution in [0, 0.1) is 0 Å². The summed E-state index contributed by atoms with van der Waals surface area (Å²) < 4.78 is 10.4. The maximum atomic E-state index is 12.1. The Labute approximate surface area is 139 Å². The van der Waals surface area contributed by atoms with Crippen molar-refractivity contribution in [3.63, 3.8) is 0 Å². The monoisotopic (exact) mass is 326 g/mol. The minimum absolute atomic E-state index is 0.0408. The molecular formula is C17H18N4O3. The highest BCUT2D eigenvalue weighted by Gasteiger charge is 2.16. The molecule has 7 nitrogen and oxygen atoms in total. The third kappa shape index (κ3) is 3.68. The van der Waals surface area contributed by atoms with Crippen molar-refractivity contribution in [2.75, 3.05) is 0 Å². The van der Waals surface area contributed by atoms with Gasteiger partial charge in [0.1, 0.15) is 6.26 Å². The molecule has 124 valence electrons. The van der Waals surface area contributed by atoms with Gasteiger partial charge in [-0.15, -0.1) is 0 Å². The summed E-state index contributed by atoms with van der Waals surface area (Å²) in [5.74, 6) is 0.980. The van der Waals surface area contributed by atoms with E-state index in [-0.39, 0.29) is 24.3 Å². The Bertz CT molecular complexity index is 810. The predicted octanol–water partition coefficient (Wildman–Crippen LogP) is 2.71. The fourth-order valence-corrected chi connectivity index (χ4v) is 2.26. The largest absolute Gasteiger partial charge is 0.448 e. The summed E-state index contributed by atoms with van der Waals surface area (Å²) in [5, 5.41) is 6.73. The zero-order valence-electron chi connectivity index (χ0n) is 13.5. The molecule has 0 aliphatic carbocycles. The van der Waals surface area contributed by atoms with Gasteiger partial charge < -0.3 is 14.3 Å². The molecule has 1 amide bonds. The lowest BCUT2D eigenvalue weighted by molar-refractivity contribution is -0.121. The third-order valence-corrected chi connectivity index (χ3v) is 3.54. The third-order valence-electron chi connectivity index (χ3n) is 3.54. The molecule has 0 bridgehead atoms. The van der Waals surface area contributed by atoms with Gasteiger partial charge in [-0.05, 0) is 12.5 Å². The van der Waals surface area contributed by atoms with Gasteiger partial charge in [-0.2, -0.15) is 4.98 Å². The second-order valence-corrected chi connectivity index (χ2v) is 5.37. The average Bonchev–Trinajstić information content (AvgIpc) is 3.24. The maximum absolute atomic E-state index is 12.1. The van der Waals surface area contributed by atoms with Gasteiger partial charge in [0.05, 0.1) is 12.5 Å². The van der Waals surface area contributed by atoms with Crippen LogP contribution < -0.4 is 5.32 Å². The van der Waals surface area contributed by atoms with Crippen LogP contribution >= 0.6 is 0 Å². The van der Waals surface area contributed by atoms with Crippen LogP contribution in [0.1, 0.15) is 37.2 Å². The quantitative estimate of drug-likeness (QED) is 0.748. The van der Waals surface area contributed by atoms with Crippen molar-refractivity contribution in [2.24, 2.45) is 0 Å². The smallest absolute Gasteiger partial charge is 0.279 e. The molecule has 0 saturated heterocycles. The number of carbonyl (C=O) groups is 1. The first-order valence-corrected chi connectivity index (χ1v) is 7.77. The van der Waals surface area contributed by atoms with Gasteiger partial charge in [-0.25, -0.2) is 4.98 Å². The van der Waals surface area contributed by atoms with Gasteiger partial charge in [0, 0.05) is 6.42 Å². The lowest BCUT2D eigenvalue weighted by Gasteiger charge is -2.13. The molecule has 2 heterocycles. The molecule has 0 aliphatic heterocycles. The van der Waals surface area contributed by atoms with Gasteiger partial charge in [0.25, 0.3) is 5.89 Å². The molecule has 1 N–H and O–H groups in total. The number of hydrogen-bond acceptors (Lipinski definition) is 6. The number of amides is 1. The molecule has 7 heteroatoms. The number of hydrogen-bond donors (Lipinski definition) is 1. The number of oxazole rings is 1. The number of benzene rings is 1. The highest BCUT2D eigenvalue weighted by atomic mass is 16.5. The van der Waals surface area contributed by atoms with Crippen LogP contribution in [0.25, 0.3) is 11.6 Å². The van der Waals surface area contributed by atoms with Crippen molar-refractivity contribution in [2.45, 2.75) is 32.7 Å². The molecule has 0 saturated carbocycles. The molecule has 0 fully saturated rings. The number of nitrogens with one attached hydrogen (secondary N) is 1. The predicted molar refractivity (Wildman–Crippen MR) is 85.9 cm³/mol. The highest BCUT2D eigenvalue weighted by Crippen LogP contribution is 2.17. The van der Waals surface area contributed by atoms with Crippen LogP contribution in [0.2, 0.25) is 0 Å². The van der Waals surface area contributed by atoms with Crippen LogP contribution in [0.15, 0.2) is 45.5 Å². The van der Waals surface area contributed by atoms with Crippen molar-refractivity contribution in [3.05, 3.63) is 53.9 Å². The van der Waals surface area contributed by atoms with Crippen LogP contribution in [-0.4, -0.2) is 21.0 Å². The summed E-state index contributed by atoms with van der Waals surface area (Å²) in [5.41, 5.74) is 1.51. The first-order valence-electron chi connectivity index (χ1n) is 7.77. The minimum atomic E-state index is -0.173. The van der Waals surface area contributed by atoms with Gasteiger partial charge >= 0.3 is 0 Å². The fraction of sp³-hybridized carbons (Fsp3) is 0.294. The topological polar surface area (TPSA) is 94.1 Å². The maximum Gasteiger partial charge on any atom is 0.279 e. The van der Waals surface area contributed by atoms with Gasteiger partial charge in [0.2, 0.25) is 5.91 Å². The number of rotatable bonds is 6. The zero-order valence-corrected chi connectivity index (χ0v) is 13.5. The second kappa shape index (κ2) is 7.08. The molecule has 1 unspecified atom stereocenters. The first kappa shape index (κ1) is 15.9. The Hall–Kier alpha value is -2.96. The van der Waals surface area contributed by atoms with Crippen LogP contribution in [-0.2, 0) is 17.6 Å². The van der Waals surface area contributed by atoms with E-state index in [2.05, 4.69) is 20.4 Å². The summed E-state index contributed by atoms with van der Waals surface area (Å²) in [4.78, 5) is 20.5. The van der Waals surface area contributed by atoms with Crippen molar-refractivity contribution in [1.82, 2.24) is 20.4 Å². The zero-order chi connectivity index (χ0) is 16.9. The number of carbonyl (C=O) groups excluding carboxylic acids is 1. The normalized spacial score (nSPS) is 12.1. The minimum Gasteiger partial charge on any atom is -0.448 e.